The van der Waals surface area contributed by atoms with Crippen LogP contribution in [0.2, 0.25) is 0 Å². The lowest BCUT2D eigenvalue weighted by Crippen LogP contribution is -2.58. The minimum atomic E-state index is -1.49. The van der Waals surface area contributed by atoms with Crippen LogP contribution in [0.4, 0.5) is 0 Å². The van der Waals surface area contributed by atoms with Gasteiger partial charge in [0.15, 0.2) is 0 Å². The zero-order valence-electron chi connectivity index (χ0n) is 19.9. The van der Waals surface area contributed by atoms with E-state index >= 15 is 0 Å². The number of nitrogens with one attached hydrogen (secondary N) is 3. The van der Waals surface area contributed by atoms with Gasteiger partial charge in [-0.2, -0.15) is 0 Å². The predicted octanol–water partition coefficient (Wildman–Crippen LogP) is -1.60. The third-order valence-corrected chi connectivity index (χ3v) is 5.54. The van der Waals surface area contributed by atoms with Crippen molar-refractivity contribution in [2.75, 3.05) is 6.61 Å². The smallest absolute Gasteiger partial charge is 0.326 e. The van der Waals surface area contributed by atoms with Gasteiger partial charge in [-0.1, -0.05) is 50.6 Å². The molecule has 12 heteroatoms. The minimum absolute atomic E-state index is 0.171. The largest absolute Gasteiger partial charge is 0.480 e. The summed E-state index contributed by atoms with van der Waals surface area (Å²) in [6.45, 7) is 2.57. The first-order valence-electron chi connectivity index (χ1n) is 11.3. The highest BCUT2D eigenvalue weighted by Crippen LogP contribution is 2.09. The third-order valence-electron chi connectivity index (χ3n) is 5.54. The number of hydrogen-bond donors (Lipinski definition) is 7. The molecule has 35 heavy (non-hydrogen) atoms. The fraction of sp³-hybridized carbons (Fsp3) is 0.522. The highest BCUT2D eigenvalue weighted by atomic mass is 16.4. The van der Waals surface area contributed by atoms with Crippen molar-refractivity contribution in [3.05, 3.63) is 35.9 Å². The summed E-state index contributed by atoms with van der Waals surface area (Å²) in [5, 5.41) is 26.0. The van der Waals surface area contributed by atoms with Crippen molar-refractivity contribution < 1.29 is 34.2 Å². The molecule has 1 rings (SSSR count). The number of amides is 4. The number of carbonyl (C=O) groups excluding carboxylic acids is 4. The van der Waals surface area contributed by atoms with E-state index in [4.69, 9.17) is 11.5 Å². The molecule has 0 spiro atoms. The first kappa shape index (κ1) is 29.5. The molecule has 4 amide bonds. The van der Waals surface area contributed by atoms with Gasteiger partial charge in [-0.25, -0.2) is 4.79 Å². The van der Waals surface area contributed by atoms with E-state index in [1.54, 1.807) is 38.1 Å². The van der Waals surface area contributed by atoms with E-state index in [1.807, 2.05) is 6.07 Å². The normalized spacial score (nSPS) is 15.1. The van der Waals surface area contributed by atoms with Crippen molar-refractivity contribution in [2.24, 2.45) is 17.4 Å². The summed E-state index contributed by atoms with van der Waals surface area (Å²) in [6.07, 6.45) is 0.259. The lowest BCUT2D eigenvalue weighted by atomic mass is 9.99. The molecular weight excluding hydrogens is 458 g/mol. The molecule has 5 atom stereocenters. The van der Waals surface area contributed by atoms with Crippen LogP contribution in [0.1, 0.15) is 38.7 Å². The van der Waals surface area contributed by atoms with E-state index in [0.29, 0.717) is 6.42 Å². The first-order chi connectivity index (χ1) is 16.5. The van der Waals surface area contributed by atoms with Crippen molar-refractivity contribution in [1.82, 2.24) is 16.0 Å². The summed E-state index contributed by atoms with van der Waals surface area (Å²) in [4.78, 5) is 60.7. The van der Waals surface area contributed by atoms with Gasteiger partial charge in [0.25, 0.3) is 0 Å². The number of nitrogens with two attached hydrogens (primary N) is 2. The summed E-state index contributed by atoms with van der Waals surface area (Å²) >= 11 is 0. The van der Waals surface area contributed by atoms with Gasteiger partial charge in [-0.15, -0.1) is 0 Å². The molecule has 5 unspecified atom stereocenters. The molecule has 194 valence electrons. The summed E-state index contributed by atoms with van der Waals surface area (Å²) < 4.78 is 0. The quantitative estimate of drug-likeness (QED) is 0.151. The molecule has 0 fully saturated rings. The van der Waals surface area contributed by atoms with E-state index in [2.05, 4.69) is 16.0 Å². The molecule has 0 aliphatic heterocycles. The first-order valence-corrected chi connectivity index (χ1v) is 11.3. The van der Waals surface area contributed by atoms with Crippen molar-refractivity contribution in [1.29, 1.82) is 0 Å². The van der Waals surface area contributed by atoms with Gasteiger partial charge in [0.05, 0.1) is 12.6 Å². The average molecular weight is 494 g/mol. The zero-order valence-corrected chi connectivity index (χ0v) is 19.9. The Balaban J connectivity index is 2.89. The SMILES string of the molecule is CCC(C)C(NC(=O)C(CO)NC(=O)C(CCC(N)=O)NC(=O)C(N)Cc1ccccc1)C(=O)O. The molecule has 1 aromatic carbocycles. The number of benzene rings is 1. The fourth-order valence-electron chi connectivity index (χ4n) is 3.20. The van der Waals surface area contributed by atoms with Crippen molar-refractivity contribution in [3.63, 3.8) is 0 Å². The number of rotatable bonds is 15. The molecule has 0 aromatic heterocycles. The number of hydrogen-bond acceptors (Lipinski definition) is 7. The molecule has 9 N–H and O–H groups in total. The number of primary amides is 1. The summed E-state index contributed by atoms with van der Waals surface area (Å²) in [5.74, 6) is -4.80. The average Bonchev–Trinajstić information content (AvgIpc) is 2.82. The Hall–Kier alpha value is -3.51. The van der Waals surface area contributed by atoms with Crippen molar-refractivity contribution >= 4 is 29.6 Å². The standard InChI is InChI=1S/C23H35N5O7/c1-3-13(2)19(23(34)35)28-22(33)17(12-29)27-21(32)16(9-10-18(25)30)26-20(31)15(24)11-14-7-5-4-6-8-14/h4-8,13,15-17,19,29H,3,9-12,24H2,1-2H3,(H2,25,30)(H,26,31)(H,27,32)(H,28,33)(H,34,35). The van der Waals surface area contributed by atoms with Crippen LogP contribution in [0.25, 0.3) is 0 Å². The Labute approximate surface area is 203 Å². The van der Waals surface area contributed by atoms with Gasteiger partial charge >= 0.3 is 5.97 Å². The molecule has 0 bridgehead atoms. The zero-order chi connectivity index (χ0) is 26.5. The van der Waals surface area contributed by atoms with Gasteiger partial charge in [-0.3, -0.25) is 19.2 Å². The maximum Gasteiger partial charge on any atom is 0.326 e. The molecule has 1 aromatic rings. The molecule has 0 heterocycles. The van der Waals surface area contributed by atoms with Crippen LogP contribution < -0.4 is 27.4 Å². The Morgan fingerprint density at radius 3 is 2.03 bits per heavy atom. The maximum atomic E-state index is 12.8. The number of carboxylic acid groups (broad SMARTS) is 1. The third kappa shape index (κ3) is 10.1. The predicted molar refractivity (Wildman–Crippen MR) is 127 cm³/mol. The molecule has 0 aliphatic carbocycles. The van der Waals surface area contributed by atoms with Crippen LogP contribution in [0, 0.1) is 5.92 Å². The Morgan fingerprint density at radius 2 is 1.51 bits per heavy atom. The number of aliphatic hydroxyl groups excluding tert-OH is 1. The van der Waals surface area contributed by atoms with Crippen LogP contribution in [0.5, 0.6) is 0 Å². The second kappa shape index (κ2) is 14.7. The van der Waals surface area contributed by atoms with Crippen molar-refractivity contribution in [2.45, 2.75) is 63.7 Å². The lowest BCUT2D eigenvalue weighted by molar-refractivity contribution is -0.144. The van der Waals surface area contributed by atoms with Crippen LogP contribution in [0.3, 0.4) is 0 Å². The van der Waals surface area contributed by atoms with Crippen LogP contribution in [-0.2, 0) is 30.4 Å². The summed E-state index contributed by atoms with van der Waals surface area (Å²) in [6, 6.07) is 4.00. The molecule has 0 saturated heterocycles. The van der Waals surface area contributed by atoms with Gasteiger partial charge in [0.1, 0.15) is 18.1 Å². The van der Waals surface area contributed by atoms with E-state index in [0.717, 1.165) is 5.56 Å². The summed E-state index contributed by atoms with van der Waals surface area (Å²) in [7, 11) is 0. The Bertz CT molecular complexity index is 880. The van der Waals surface area contributed by atoms with Gasteiger partial charge < -0.3 is 37.6 Å². The van der Waals surface area contributed by atoms with Crippen LogP contribution >= 0.6 is 0 Å². The Kier molecular flexibility index (Phi) is 12.4. The fourth-order valence-corrected chi connectivity index (χ4v) is 3.20. The van der Waals surface area contributed by atoms with E-state index < -0.39 is 66.3 Å². The molecule has 0 radical (unpaired) electrons. The number of aliphatic hydroxyl groups is 1. The molecule has 12 nitrogen and oxygen atoms in total. The second-order valence-electron chi connectivity index (χ2n) is 8.32. The minimum Gasteiger partial charge on any atom is -0.480 e. The van der Waals surface area contributed by atoms with E-state index in [-0.39, 0.29) is 19.3 Å². The maximum absolute atomic E-state index is 12.8. The topological polar surface area (TPSA) is 214 Å². The van der Waals surface area contributed by atoms with Crippen LogP contribution in [0.15, 0.2) is 30.3 Å². The number of carboxylic acids is 1. The van der Waals surface area contributed by atoms with Crippen LogP contribution in [-0.4, -0.2) is 70.6 Å². The Morgan fingerprint density at radius 1 is 0.943 bits per heavy atom. The molecule has 0 saturated carbocycles. The number of carbonyl (C=O) groups is 5. The van der Waals surface area contributed by atoms with Gasteiger partial charge in [0, 0.05) is 6.42 Å². The number of aliphatic carboxylic acids is 1. The molecule has 0 aliphatic rings. The summed E-state index contributed by atoms with van der Waals surface area (Å²) in [5.41, 5.74) is 11.9. The van der Waals surface area contributed by atoms with E-state index in [9.17, 15) is 34.2 Å². The lowest BCUT2D eigenvalue weighted by Gasteiger charge is -2.25. The van der Waals surface area contributed by atoms with Crippen molar-refractivity contribution in [3.8, 4) is 0 Å². The van der Waals surface area contributed by atoms with Gasteiger partial charge in [0.2, 0.25) is 23.6 Å². The second-order valence-corrected chi connectivity index (χ2v) is 8.32. The monoisotopic (exact) mass is 493 g/mol. The van der Waals surface area contributed by atoms with Gasteiger partial charge in [-0.05, 0) is 24.3 Å². The molecular formula is C23H35N5O7. The highest BCUT2D eigenvalue weighted by Gasteiger charge is 2.31. The highest BCUT2D eigenvalue weighted by molar-refractivity contribution is 5.94. The van der Waals surface area contributed by atoms with E-state index in [1.165, 1.54) is 0 Å².